The number of phosphoric ester groups is 1. The molecular formula is C53H99N4O11PS. The summed E-state index contributed by atoms with van der Waals surface area (Å²) in [6.07, 6.45) is 36.0. The van der Waals surface area contributed by atoms with E-state index in [1.807, 2.05) is 11.8 Å². The number of ether oxygens (including phenoxy) is 2. The standard InChI is InChI=1S/C53H99N4O11PS/c1-3-5-7-9-11-13-15-17-19-21-23-25-29-37-50(60)65-42-45(68-51(61)38-30-26-24-22-20-18-16-14-12-10-8-6-4-2)43-67-69(63,64)66-41-40-55-49(59)35-28-27-33-39-54-48(58)36-32-31-34-47-52-46(44-70-47)56-53(62)57-52/h45-47,52H,3-44H2,1-2H3,(H,54,58)(H,55,59)(H,63,64)(H2,56,57,62)/t45?,46-,47?,52-/m0/s1. The van der Waals surface area contributed by atoms with Crippen molar-refractivity contribution in [3.05, 3.63) is 0 Å². The van der Waals surface area contributed by atoms with Gasteiger partial charge in [-0.1, -0.05) is 181 Å². The molecule has 5 N–H and O–H groups in total. The minimum absolute atomic E-state index is 0.0106. The van der Waals surface area contributed by atoms with E-state index in [2.05, 4.69) is 35.1 Å². The maximum Gasteiger partial charge on any atom is 0.472 e. The maximum absolute atomic E-state index is 12.8. The number of hydrogen-bond donors (Lipinski definition) is 5. The van der Waals surface area contributed by atoms with Gasteiger partial charge in [-0.3, -0.25) is 28.2 Å². The molecule has 5 atom stereocenters. The van der Waals surface area contributed by atoms with Crippen LogP contribution >= 0.6 is 19.6 Å². The van der Waals surface area contributed by atoms with Gasteiger partial charge in [-0.25, -0.2) is 9.36 Å². The Morgan fingerprint density at radius 2 is 1.04 bits per heavy atom. The average Bonchev–Trinajstić information content (AvgIpc) is 3.90. The number of thioether (sulfide) groups is 1. The van der Waals surface area contributed by atoms with Crippen LogP contribution in [-0.4, -0.2) is 96.8 Å². The second-order valence-corrected chi connectivity index (χ2v) is 22.5. The zero-order valence-electron chi connectivity index (χ0n) is 43.9. The first-order chi connectivity index (χ1) is 34.0. The van der Waals surface area contributed by atoms with Crippen LogP contribution in [0.25, 0.3) is 0 Å². The van der Waals surface area contributed by atoms with Crippen molar-refractivity contribution in [3.63, 3.8) is 0 Å². The van der Waals surface area contributed by atoms with E-state index in [1.54, 1.807) is 0 Å². The third-order valence-electron chi connectivity index (χ3n) is 13.3. The first-order valence-electron chi connectivity index (χ1n) is 28.2. The SMILES string of the molecule is CCCCCCCCCCCCCCCC(=O)OCC(COP(=O)(O)OCCNC(=O)CCCCCNC(=O)CCCCC1SC[C@@H]2NC(=O)N[C@H]12)OC(=O)CCCCCCCCCCCCCCC. The number of urea groups is 1. The van der Waals surface area contributed by atoms with E-state index in [9.17, 15) is 33.4 Å². The highest BCUT2D eigenvalue weighted by molar-refractivity contribution is 8.00. The maximum atomic E-state index is 12.8. The molecule has 0 radical (unpaired) electrons. The molecule has 4 amide bonds. The minimum Gasteiger partial charge on any atom is -0.462 e. The normalized spacial score (nSPS) is 17.6. The third-order valence-corrected chi connectivity index (χ3v) is 15.8. The highest BCUT2D eigenvalue weighted by atomic mass is 32.2. The van der Waals surface area contributed by atoms with Crippen LogP contribution < -0.4 is 21.3 Å². The third kappa shape index (κ3) is 35.7. The van der Waals surface area contributed by atoms with Crippen molar-refractivity contribution in [2.75, 3.05) is 38.7 Å². The summed E-state index contributed by atoms with van der Waals surface area (Å²) in [7, 11) is -4.59. The summed E-state index contributed by atoms with van der Waals surface area (Å²) < 4.78 is 34.0. The molecule has 2 rings (SSSR count). The summed E-state index contributed by atoms with van der Waals surface area (Å²) in [4.78, 5) is 72.0. The van der Waals surface area contributed by atoms with Crippen molar-refractivity contribution < 1.29 is 52.0 Å². The Hall–Kier alpha value is -2.39. The Morgan fingerprint density at radius 1 is 0.586 bits per heavy atom. The van der Waals surface area contributed by atoms with Gasteiger partial charge < -0.3 is 35.6 Å². The molecule has 0 aliphatic carbocycles. The van der Waals surface area contributed by atoms with Crippen LogP contribution in [0.4, 0.5) is 4.79 Å². The van der Waals surface area contributed by atoms with E-state index in [-0.39, 0.29) is 69.0 Å². The van der Waals surface area contributed by atoms with Crippen molar-refractivity contribution in [1.82, 2.24) is 21.3 Å². The highest BCUT2D eigenvalue weighted by Crippen LogP contribution is 2.43. The fraction of sp³-hybridized carbons (Fsp3) is 0.906. The van der Waals surface area contributed by atoms with Gasteiger partial charge in [-0.2, -0.15) is 11.8 Å². The number of fused-ring (bicyclic) bond motifs is 1. The lowest BCUT2D eigenvalue weighted by Gasteiger charge is -2.20. The molecule has 2 aliphatic rings. The molecule has 15 nitrogen and oxygen atoms in total. The monoisotopic (exact) mass is 1030 g/mol. The Morgan fingerprint density at radius 3 is 1.59 bits per heavy atom. The molecule has 70 heavy (non-hydrogen) atoms. The average molecular weight is 1030 g/mol. The molecule has 0 bridgehead atoms. The van der Waals surface area contributed by atoms with Crippen molar-refractivity contribution in [2.24, 2.45) is 0 Å². The van der Waals surface area contributed by atoms with Crippen LogP contribution in [0.15, 0.2) is 0 Å². The second kappa shape index (κ2) is 43.1. The van der Waals surface area contributed by atoms with Gasteiger partial charge in [0.05, 0.1) is 25.3 Å². The summed E-state index contributed by atoms with van der Waals surface area (Å²) in [6.45, 7) is 3.93. The van der Waals surface area contributed by atoms with E-state index >= 15 is 0 Å². The summed E-state index contributed by atoms with van der Waals surface area (Å²) in [5.74, 6) is -0.174. The summed E-state index contributed by atoms with van der Waals surface area (Å²) in [5.41, 5.74) is 0. The Balaban J connectivity index is 1.59. The van der Waals surface area contributed by atoms with E-state index in [4.69, 9.17) is 18.5 Å². The predicted molar refractivity (Wildman–Crippen MR) is 282 cm³/mol. The molecule has 2 heterocycles. The Labute approximate surface area is 428 Å². The zero-order chi connectivity index (χ0) is 50.8. The number of carbonyl (C=O) groups excluding carboxylic acids is 5. The topological polar surface area (TPSA) is 208 Å². The fourth-order valence-electron chi connectivity index (χ4n) is 9.03. The lowest BCUT2D eigenvalue weighted by atomic mass is 10.0. The van der Waals surface area contributed by atoms with Gasteiger partial charge in [-0.05, 0) is 38.5 Å². The fourth-order valence-corrected chi connectivity index (χ4v) is 11.3. The van der Waals surface area contributed by atoms with E-state index in [0.29, 0.717) is 37.5 Å². The van der Waals surface area contributed by atoms with Gasteiger partial charge in [0.15, 0.2) is 6.10 Å². The number of phosphoric acid groups is 1. The minimum atomic E-state index is -4.59. The molecule has 0 aromatic carbocycles. The van der Waals surface area contributed by atoms with Crippen LogP contribution in [0, 0.1) is 0 Å². The molecule has 3 unspecified atom stereocenters. The molecule has 0 aromatic heterocycles. The molecule has 2 aliphatic heterocycles. The second-order valence-electron chi connectivity index (χ2n) is 19.8. The number of nitrogens with one attached hydrogen (secondary N) is 4. The van der Waals surface area contributed by atoms with Crippen molar-refractivity contribution in [3.8, 4) is 0 Å². The number of amides is 4. The number of esters is 2. The summed E-state index contributed by atoms with van der Waals surface area (Å²) in [5, 5.41) is 12.0. The van der Waals surface area contributed by atoms with E-state index in [0.717, 1.165) is 76.4 Å². The first kappa shape index (κ1) is 63.7. The van der Waals surface area contributed by atoms with Crippen LogP contribution in [0.2, 0.25) is 0 Å². The smallest absolute Gasteiger partial charge is 0.462 e. The molecule has 0 spiro atoms. The molecule has 2 fully saturated rings. The number of rotatable bonds is 49. The Bertz CT molecular complexity index is 1430. The van der Waals surface area contributed by atoms with Gasteiger partial charge in [0, 0.05) is 49.8 Å². The Kier molecular flexibility index (Phi) is 39.2. The molecule has 408 valence electrons. The van der Waals surface area contributed by atoms with Gasteiger partial charge in [-0.15, -0.1) is 0 Å². The van der Waals surface area contributed by atoms with Crippen molar-refractivity contribution in [1.29, 1.82) is 0 Å². The van der Waals surface area contributed by atoms with Crippen LogP contribution in [0.1, 0.15) is 245 Å². The predicted octanol–water partition coefficient (Wildman–Crippen LogP) is 12.1. The largest absolute Gasteiger partial charge is 0.472 e. The first-order valence-corrected chi connectivity index (χ1v) is 30.8. The van der Waals surface area contributed by atoms with Crippen molar-refractivity contribution in [2.45, 2.75) is 268 Å². The van der Waals surface area contributed by atoms with E-state index < -0.39 is 32.5 Å². The van der Waals surface area contributed by atoms with Crippen LogP contribution in [-0.2, 0) is 42.3 Å². The van der Waals surface area contributed by atoms with Gasteiger partial charge in [0.25, 0.3) is 0 Å². The quantitative estimate of drug-likeness (QED) is 0.0167. The van der Waals surface area contributed by atoms with Gasteiger partial charge >= 0.3 is 25.8 Å². The lowest BCUT2D eigenvalue weighted by Crippen LogP contribution is -2.36. The molecular weight excluding hydrogens is 932 g/mol. The number of hydrogen-bond acceptors (Lipinski definition) is 11. The zero-order valence-corrected chi connectivity index (χ0v) is 45.6. The molecule has 0 aromatic rings. The summed E-state index contributed by atoms with van der Waals surface area (Å²) in [6, 6.07) is 0.308. The highest BCUT2D eigenvalue weighted by Gasteiger charge is 2.42. The summed E-state index contributed by atoms with van der Waals surface area (Å²) >= 11 is 1.88. The number of unbranched alkanes of at least 4 members (excludes halogenated alkanes) is 27. The van der Waals surface area contributed by atoms with Gasteiger partial charge in [0.1, 0.15) is 6.61 Å². The van der Waals surface area contributed by atoms with Crippen molar-refractivity contribution >= 4 is 49.4 Å². The molecule has 2 saturated heterocycles. The van der Waals surface area contributed by atoms with E-state index in [1.165, 1.54) is 116 Å². The van der Waals surface area contributed by atoms with Crippen LogP contribution in [0.5, 0.6) is 0 Å². The molecule has 0 saturated carbocycles. The van der Waals surface area contributed by atoms with Crippen LogP contribution in [0.3, 0.4) is 0 Å². The lowest BCUT2D eigenvalue weighted by molar-refractivity contribution is -0.161. The molecule has 17 heteroatoms. The number of carbonyl (C=O) groups is 5. The van der Waals surface area contributed by atoms with Gasteiger partial charge in [0.2, 0.25) is 11.8 Å².